The van der Waals surface area contributed by atoms with Crippen molar-refractivity contribution in [1.29, 1.82) is 0 Å². The normalized spacial score (nSPS) is 10.1. The van der Waals surface area contributed by atoms with Crippen LogP contribution in [0, 0.1) is 0 Å². The monoisotopic (exact) mass is 235 g/mol. The van der Waals surface area contributed by atoms with Gasteiger partial charge >= 0.3 is 0 Å². The van der Waals surface area contributed by atoms with Gasteiger partial charge in [0.2, 0.25) is 5.91 Å². The second-order valence-corrected chi connectivity index (χ2v) is 3.45. The van der Waals surface area contributed by atoms with Crippen molar-refractivity contribution in [3.05, 3.63) is 42.7 Å². The standard InChI is InChI=1S/C11H10ClN3O/c12-8-11(16)14-9-2-4-10(5-3-9)15-7-1-6-13-15/h1-7H,8H2,(H,14,16). The molecule has 0 radical (unpaired) electrons. The summed E-state index contributed by atoms with van der Waals surface area (Å²) in [6, 6.07) is 9.21. The van der Waals surface area contributed by atoms with Crippen molar-refractivity contribution in [1.82, 2.24) is 9.78 Å². The molecule has 0 bridgehead atoms. The molecule has 0 saturated heterocycles. The number of hydrogen-bond donors (Lipinski definition) is 1. The molecular weight excluding hydrogens is 226 g/mol. The van der Waals surface area contributed by atoms with Crippen LogP contribution in [-0.2, 0) is 4.79 Å². The highest BCUT2D eigenvalue weighted by Gasteiger charge is 2.00. The van der Waals surface area contributed by atoms with E-state index in [1.807, 2.05) is 36.5 Å². The third-order valence-electron chi connectivity index (χ3n) is 2.04. The Morgan fingerprint density at radius 1 is 1.38 bits per heavy atom. The minimum absolute atomic E-state index is 0.0408. The van der Waals surface area contributed by atoms with E-state index in [0.717, 1.165) is 11.4 Å². The number of halogens is 1. The van der Waals surface area contributed by atoms with Gasteiger partial charge in [-0.3, -0.25) is 4.79 Å². The molecule has 82 valence electrons. The highest BCUT2D eigenvalue weighted by atomic mass is 35.5. The summed E-state index contributed by atoms with van der Waals surface area (Å²) in [6.07, 6.45) is 3.57. The molecular formula is C11H10ClN3O. The van der Waals surface area contributed by atoms with Crippen molar-refractivity contribution in [3.63, 3.8) is 0 Å². The van der Waals surface area contributed by atoms with Crippen LogP contribution in [0.5, 0.6) is 0 Å². The Bertz CT molecular complexity index is 464. The fourth-order valence-electron chi connectivity index (χ4n) is 1.31. The number of carbonyl (C=O) groups is 1. The number of benzene rings is 1. The molecule has 0 saturated carbocycles. The van der Waals surface area contributed by atoms with Crippen molar-refractivity contribution in [3.8, 4) is 5.69 Å². The number of carbonyl (C=O) groups excluding carboxylic acids is 1. The lowest BCUT2D eigenvalue weighted by Crippen LogP contribution is -2.12. The number of nitrogens with one attached hydrogen (secondary N) is 1. The molecule has 0 aliphatic heterocycles. The molecule has 1 aromatic heterocycles. The largest absolute Gasteiger partial charge is 0.325 e. The van der Waals surface area contributed by atoms with Crippen LogP contribution in [0.2, 0.25) is 0 Å². The van der Waals surface area contributed by atoms with E-state index in [2.05, 4.69) is 10.4 Å². The van der Waals surface area contributed by atoms with Crippen molar-refractivity contribution >= 4 is 23.2 Å². The number of rotatable bonds is 3. The average Bonchev–Trinajstić information content (AvgIpc) is 2.83. The number of hydrogen-bond acceptors (Lipinski definition) is 2. The highest BCUT2D eigenvalue weighted by Crippen LogP contribution is 2.12. The average molecular weight is 236 g/mol. The van der Waals surface area contributed by atoms with Gasteiger partial charge < -0.3 is 5.32 Å². The van der Waals surface area contributed by atoms with E-state index in [0.29, 0.717) is 0 Å². The molecule has 1 N–H and O–H groups in total. The second-order valence-electron chi connectivity index (χ2n) is 3.18. The molecule has 1 aromatic carbocycles. The first-order valence-electron chi connectivity index (χ1n) is 4.75. The molecule has 2 aromatic rings. The minimum Gasteiger partial charge on any atom is -0.325 e. The van der Waals surface area contributed by atoms with E-state index in [-0.39, 0.29) is 11.8 Å². The van der Waals surface area contributed by atoms with Crippen LogP contribution in [0.3, 0.4) is 0 Å². The Balaban J connectivity index is 2.14. The summed E-state index contributed by atoms with van der Waals surface area (Å²) in [5.74, 6) is -0.255. The molecule has 4 nitrogen and oxygen atoms in total. The van der Waals surface area contributed by atoms with E-state index in [4.69, 9.17) is 11.6 Å². The predicted octanol–water partition coefficient (Wildman–Crippen LogP) is 2.05. The zero-order valence-corrected chi connectivity index (χ0v) is 9.19. The molecule has 0 aliphatic rings. The first-order chi connectivity index (χ1) is 7.79. The van der Waals surface area contributed by atoms with Crippen LogP contribution in [0.4, 0.5) is 5.69 Å². The number of nitrogens with zero attached hydrogens (tertiary/aromatic N) is 2. The fraction of sp³-hybridized carbons (Fsp3) is 0.0909. The molecule has 1 heterocycles. The van der Waals surface area contributed by atoms with Gasteiger partial charge in [-0.25, -0.2) is 4.68 Å². The number of aromatic nitrogens is 2. The maximum absolute atomic E-state index is 11.0. The van der Waals surface area contributed by atoms with E-state index in [9.17, 15) is 4.79 Å². The van der Waals surface area contributed by atoms with Crippen molar-refractivity contribution in [2.24, 2.45) is 0 Å². The molecule has 0 unspecified atom stereocenters. The van der Waals surface area contributed by atoms with E-state index in [1.54, 1.807) is 10.9 Å². The highest BCUT2D eigenvalue weighted by molar-refractivity contribution is 6.29. The van der Waals surface area contributed by atoms with Gasteiger partial charge in [0, 0.05) is 18.1 Å². The van der Waals surface area contributed by atoms with Crippen molar-refractivity contribution in [2.75, 3.05) is 11.2 Å². The van der Waals surface area contributed by atoms with Gasteiger partial charge in [0.25, 0.3) is 0 Å². The summed E-state index contributed by atoms with van der Waals surface area (Å²) in [5.41, 5.74) is 1.66. The molecule has 2 rings (SSSR count). The Hall–Kier alpha value is -1.81. The van der Waals surface area contributed by atoms with Crippen LogP contribution in [0.25, 0.3) is 5.69 Å². The fourth-order valence-corrected chi connectivity index (χ4v) is 1.38. The van der Waals surface area contributed by atoms with Gasteiger partial charge in [-0.05, 0) is 30.3 Å². The summed E-state index contributed by atoms with van der Waals surface area (Å²) in [5, 5.41) is 6.77. The first-order valence-corrected chi connectivity index (χ1v) is 5.29. The SMILES string of the molecule is O=C(CCl)Nc1ccc(-n2cccn2)cc1. The second kappa shape index (κ2) is 4.81. The number of alkyl halides is 1. The third-order valence-corrected chi connectivity index (χ3v) is 2.28. The van der Waals surface area contributed by atoms with Crippen LogP contribution < -0.4 is 5.32 Å². The topological polar surface area (TPSA) is 46.9 Å². The zero-order valence-electron chi connectivity index (χ0n) is 8.43. The number of anilines is 1. The summed E-state index contributed by atoms with van der Waals surface area (Å²) in [4.78, 5) is 11.0. The van der Waals surface area contributed by atoms with Crippen molar-refractivity contribution < 1.29 is 4.79 Å². The van der Waals surface area contributed by atoms with E-state index < -0.39 is 0 Å². The van der Waals surface area contributed by atoms with Gasteiger partial charge in [-0.15, -0.1) is 11.6 Å². The molecule has 0 atom stereocenters. The smallest absolute Gasteiger partial charge is 0.239 e. The van der Waals surface area contributed by atoms with Gasteiger partial charge in [-0.1, -0.05) is 0 Å². The Morgan fingerprint density at radius 3 is 2.69 bits per heavy atom. The van der Waals surface area contributed by atoms with Crippen LogP contribution in [-0.4, -0.2) is 21.6 Å². The Morgan fingerprint density at radius 2 is 2.12 bits per heavy atom. The zero-order chi connectivity index (χ0) is 11.4. The van der Waals surface area contributed by atoms with Crippen LogP contribution in [0.1, 0.15) is 0 Å². The summed E-state index contributed by atoms with van der Waals surface area (Å²) in [6.45, 7) is 0. The lowest BCUT2D eigenvalue weighted by atomic mass is 10.3. The quantitative estimate of drug-likeness (QED) is 0.828. The molecule has 16 heavy (non-hydrogen) atoms. The molecule has 5 heteroatoms. The Labute approximate surface area is 97.8 Å². The maximum Gasteiger partial charge on any atom is 0.239 e. The molecule has 1 amide bonds. The molecule has 0 fully saturated rings. The van der Waals surface area contributed by atoms with Crippen LogP contribution >= 0.6 is 11.6 Å². The maximum atomic E-state index is 11.0. The molecule has 0 aliphatic carbocycles. The van der Waals surface area contributed by atoms with Gasteiger partial charge in [-0.2, -0.15) is 5.10 Å². The summed E-state index contributed by atoms with van der Waals surface area (Å²) < 4.78 is 1.74. The van der Waals surface area contributed by atoms with Crippen molar-refractivity contribution in [2.45, 2.75) is 0 Å². The minimum atomic E-state index is -0.214. The third kappa shape index (κ3) is 2.41. The van der Waals surface area contributed by atoms with Gasteiger partial charge in [0.1, 0.15) is 5.88 Å². The summed E-state index contributed by atoms with van der Waals surface area (Å²) >= 11 is 5.39. The number of amides is 1. The molecule has 0 spiro atoms. The predicted molar refractivity (Wildman–Crippen MR) is 62.9 cm³/mol. The lowest BCUT2D eigenvalue weighted by Gasteiger charge is -2.05. The Kier molecular flexibility index (Phi) is 3.22. The first kappa shape index (κ1) is 10.7. The van der Waals surface area contributed by atoms with Gasteiger partial charge in [0.15, 0.2) is 0 Å². The van der Waals surface area contributed by atoms with E-state index in [1.165, 1.54) is 0 Å². The summed E-state index contributed by atoms with van der Waals surface area (Å²) in [7, 11) is 0. The van der Waals surface area contributed by atoms with Gasteiger partial charge in [0.05, 0.1) is 5.69 Å². The van der Waals surface area contributed by atoms with Crippen LogP contribution in [0.15, 0.2) is 42.7 Å². The van der Waals surface area contributed by atoms with E-state index >= 15 is 0 Å². The lowest BCUT2D eigenvalue weighted by molar-refractivity contribution is -0.113.